The van der Waals surface area contributed by atoms with Gasteiger partial charge in [0.2, 0.25) is 5.91 Å². The molecule has 0 bridgehead atoms. The van der Waals surface area contributed by atoms with Crippen molar-refractivity contribution in [2.75, 3.05) is 23.4 Å². The van der Waals surface area contributed by atoms with Crippen molar-refractivity contribution in [2.24, 2.45) is 0 Å². The van der Waals surface area contributed by atoms with Crippen molar-refractivity contribution in [3.63, 3.8) is 0 Å². The summed E-state index contributed by atoms with van der Waals surface area (Å²) < 4.78 is 29.2. The fourth-order valence-electron chi connectivity index (χ4n) is 3.47. The molecule has 0 unspecified atom stereocenters. The van der Waals surface area contributed by atoms with Crippen LogP contribution in [-0.4, -0.2) is 43.3 Å². The summed E-state index contributed by atoms with van der Waals surface area (Å²) in [6, 6.07) is 11.2. The van der Waals surface area contributed by atoms with E-state index in [-0.39, 0.29) is 30.0 Å². The number of nitrogens with one attached hydrogen (secondary N) is 1. The summed E-state index contributed by atoms with van der Waals surface area (Å²) >= 11 is 0. The predicted octanol–water partition coefficient (Wildman–Crippen LogP) is 3.03. The minimum absolute atomic E-state index is 0.0869. The highest BCUT2D eigenvalue weighted by Gasteiger charge is 2.33. The molecule has 1 amide bonds. The molecule has 0 spiro atoms. The van der Waals surface area contributed by atoms with Crippen LogP contribution in [0.3, 0.4) is 0 Å². The van der Waals surface area contributed by atoms with Crippen molar-refractivity contribution >= 4 is 21.4 Å². The molecule has 1 aliphatic rings. The highest BCUT2D eigenvalue weighted by molar-refractivity contribution is 7.91. The molecule has 7 heteroatoms. The number of anilines is 1. The molecule has 3 rings (SSSR count). The number of hydrogen-bond acceptors (Lipinski definition) is 5. The summed E-state index contributed by atoms with van der Waals surface area (Å²) in [6.45, 7) is 4.69. The topological polar surface area (TPSA) is 79.6 Å². The molecule has 1 saturated heterocycles. The second kappa shape index (κ2) is 8.27. The number of hydrogen-bond donors (Lipinski definition) is 1. The van der Waals surface area contributed by atoms with Gasteiger partial charge < -0.3 is 9.73 Å². The number of sulfone groups is 1. The molecule has 0 aliphatic carbocycles. The molecule has 0 radical (unpaired) electrons. The lowest BCUT2D eigenvalue weighted by Gasteiger charge is -2.26. The van der Waals surface area contributed by atoms with Crippen LogP contribution in [0.1, 0.15) is 37.5 Å². The zero-order valence-electron chi connectivity index (χ0n) is 15.7. The monoisotopic (exact) mass is 390 g/mol. The van der Waals surface area contributed by atoms with Crippen molar-refractivity contribution in [3.8, 4) is 0 Å². The molecule has 0 saturated carbocycles. The van der Waals surface area contributed by atoms with Crippen LogP contribution in [0.4, 0.5) is 5.69 Å². The lowest BCUT2D eigenvalue weighted by atomic mass is 10.0. The average Bonchev–Trinajstić information content (AvgIpc) is 3.23. The lowest BCUT2D eigenvalue weighted by Crippen LogP contribution is -2.41. The zero-order chi connectivity index (χ0) is 19.4. The Hall–Kier alpha value is -2.12. The average molecular weight is 391 g/mol. The zero-order valence-corrected chi connectivity index (χ0v) is 16.5. The molecule has 1 N–H and O–H groups in total. The van der Waals surface area contributed by atoms with E-state index in [1.165, 1.54) is 0 Å². The number of para-hydroxylation sites is 1. The van der Waals surface area contributed by atoms with E-state index in [0.29, 0.717) is 18.9 Å². The maximum Gasteiger partial charge on any atom is 0.238 e. The van der Waals surface area contributed by atoms with Crippen molar-refractivity contribution in [3.05, 3.63) is 54.0 Å². The fourth-order valence-corrected chi connectivity index (χ4v) is 5.23. The maximum atomic E-state index is 12.7. The quantitative estimate of drug-likeness (QED) is 0.786. The van der Waals surface area contributed by atoms with Crippen molar-refractivity contribution in [1.29, 1.82) is 0 Å². The fraction of sp³-hybridized carbons (Fsp3) is 0.450. The molecule has 2 aromatic rings. The van der Waals surface area contributed by atoms with Crippen LogP contribution in [0.15, 0.2) is 47.1 Å². The standard InChI is InChI=1S/C20H26N2O4S/c1-15(2)18-7-3-4-8-19(18)21-20(23)13-22(12-17-6-5-10-26-17)16-9-11-27(24,25)14-16/h3-8,10,15-16H,9,11-14H2,1-2H3,(H,21,23)/t16-/m1/s1. The number of furan rings is 1. The van der Waals surface area contributed by atoms with Gasteiger partial charge in [0.15, 0.2) is 9.84 Å². The summed E-state index contributed by atoms with van der Waals surface area (Å²) in [5.74, 6) is 1.11. The van der Waals surface area contributed by atoms with Crippen LogP contribution >= 0.6 is 0 Å². The molecule has 1 aromatic heterocycles. The van der Waals surface area contributed by atoms with Crippen LogP contribution in [0.25, 0.3) is 0 Å². The predicted molar refractivity (Wildman–Crippen MR) is 105 cm³/mol. The van der Waals surface area contributed by atoms with Gasteiger partial charge in [0.1, 0.15) is 5.76 Å². The second-order valence-electron chi connectivity index (χ2n) is 7.33. The smallest absolute Gasteiger partial charge is 0.238 e. The van der Waals surface area contributed by atoms with Gasteiger partial charge in [-0.2, -0.15) is 0 Å². The third-order valence-electron chi connectivity index (χ3n) is 4.87. The largest absolute Gasteiger partial charge is 0.468 e. The highest BCUT2D eigenvalue weighted by atomic mass is 32.2. The molecular weight excluding hydrogens is 364 g/mol. The van der Waals surface area contributed by atoms with E-state index in [2.05, 4.69) is 19.2 Å². The molecule has 1 aromatic carbocycles. The molecular formula is C20H26N2O4S. The van der Waals surface area contributed by atoms with E-state index in [1.807, 2.05) is 35.2 Å². The molecule has 1 aliphatic heterocycles. The minimum atomic E-state index is -3.04. The van der Waals surface area contributed by atoms with Crippen LogP contribution < -0.4 is 5.32 Å². The summed E-state index contributed by atoms with van der Waals surface area (Å²) in [5.41, 5.74) is 1.88. The first-order chi connectivity index (χ1) is 12.8. The Morgan fingerprint density at radius 3 is 2.67 bits per heavy atom. The minimum Gasteiger partial charge on any atom is -0.468 e. The number of benzene rings is 1. The van der Waals surface area contributed by atoms with E-state index in [1.54, 1.807) is 12.3 Å². The number of rotatable bonds is 7. The van der Waals surface area contributed by atoms with Crippen molar-refractivity contribution < 1.29 is 17.6 Å². The Balaban J connectivity index is 1.72. The van der Waals surface area contributed by atoms with Crippen molar-refractivity contribution in [2.45, 2.75) is 38.8 Å². The normalized spacial score (nSPS) is 18.9. The summed E-state index contributed by atoms with van der Waals surface area (Å²) in [5, 5.41) is 2.99. The van der Waals surface area contributed by atoms with Gasteiger partial charge in [0, 0.05) is 11.7 Å². The Bertz CT molecular complexity index is 875. The number of carbonyl (C=O) groups is 1. The molecule has 6 nitrogen and oxygen atoms in total. The van der Waals surface area contributed by atoms with Gasteiger partial charge in [0.05, 0.1) is 30.9 Å². The Morgan fingerprint density at radius 2 is 2.04 bits per heavy atom. The molecule has 1 atom stereocenters. The van der Waals surface area contributed by atoms with Gasteiger partial charge in [-0.05, 0) is 36.1 Å². The van der Waals surface area contributed by atoms with Gasteiger partial charge in [0.25, 0.3) is 0 Å². The van der Waals surface area contributed by atoms with E-state index in [0.717, 1.165) is 17.0 Å². The van der Waals surface area contributed by atoms with E-state index in [4.69, 9.17) is 4.42 Å². The maximum absolute atomic E-state index is 12.7. The van der Waals surface area contributed by atoms with Gasteiger partial charge in [-0.25, -0.2) is 8.42 Å². The first kappa shape index (κ1) is 19.6. The second-order valence-corrected chi connectivity index (χ2v) is 9.56. The summed E-state index contributed by atoms with van der Waals surface area (Å²) in [6.07, 6.45) is 2.12. The Kier molecular flexibility index (Phi) is 6.01. The van der Waals surface area contributed by atoms with Crippen LogP contribution in [0.5, 0.6) is 0 Å². The summed E-state index contributed by atoms with van der Waals surface area (Å²) in [4.78, 5) is 14.6. The van der Waals surface area contributed by atoms with E-state index < -0.39 is 9.84 Å². The van der Waals surface area contributed by atoms with Crippen LogP contribution in [0.2, 0.25) is 0 Å². The molecule has 27 heavy (non-hydrogen) atoms. The Morgan fingerprint density at radius 1 is 1.26 bits per heavy atom. The number of carbonyl (C=O) groups excluding carboxylic acids is 1. The Labute approximate surface area is 160 Å². The van der Waals surface area contributed by atoms with Gasteiger partial charge >= 0.3 is 0 Å². The SMILES string of the molecule is CC(C)c1ccccc1NC(=O)CN(Cc1ccco1)[C@@H]1CCS(=O)(=O)C1. The van der Waals surface area contributed by atoms with Crippen LogP contribution in [-0.2, 0) is 21.2 Å². The van der Waals surface area contributed by atoms with Gasteiger partial charge in [-0.3, -0.25) is 9.69 Å². The molecule has 2 heterocycles. The van der Waals surface area contributed by atoms with Gasteiger partial charge in [-0.1, -0.05) is 32.0 Å². The summed E-state index contributed by atoms with van der Waals surface area (Å²) in [7, 11) is -3.04. The third kappa shape index (κ3) is 5.20. The number of amides is 1. The lowest BCUT2D eigenvalue weighted by molar-refractivity contribution is -0.118. The third-order valence-corrected chi connectivity index (χ3v) is 6.62. The van der Waals surface area contributed by atoms with Crippen LogP contribution in [0, 0.1) is 0 Å². The first-order valence-corrected chi connectivity index (χ1v) is 11.0. The van der Waals surface area contributed by atoms with Gasteiger partial charge in [-0.15, -0.1) is 0 Å². The molecule has 1 fully saturated rings. The first-order valence-electron chi connectivity index (χ1n) is 9.19. The highest BCUT2D eigenvalue weighted by Crippen LogP contribution is 2.24. The molecule has 146 valence electrons. The van der Waals surface area contributed by atoms with E-state index in [9.17, 15) is 13.2 Å². The number of nitrogens with zero attached hydrogens (tertiary/aromatic N) is 1. The van der Waals surface area contributed by atoms with Crippen molar-refractivity contribution in [1.82, 2.24) is 4.90 Å². The van der Waals surface area contributed by atoms with E-state index >= 15 is 0 Å².